The van der Waals surface area contributed by atoms with Crippen LogP contribution in [-0.4, -0.2) is 5.16 Å². The van der Waals surface area contributed by atoms with E-state index >= 15 is 0 Å². The van der Waals surface area contributed by atoms with Crippen molar-refractivity contribution >= 4 is 34.7 Å². The molecular formula is C30H23F2NS. The number of aryl methyl sites for hydroxylation is 1. The summed E-state index contributed by atoms with van der Waals surface area (Å²) in [4.78, 5) is 3.48. The zero-order valence-corrected chi connectivity index (χ0v) is 19.7. The Labute approximate surface area is 204 Å². The number of thiocarbonyl (C=S) groups is 1. The predicted molar refractivity (Wildman–Crippen MR) is 137 cm³/mol. The first-order valence-corrected chi connectivity index (χ1v) is 11.9. The van der Waals surface area contributed by atoms with Crippen molar-refractivity contribution in [3.63, 3.8) is 0 Å². The van der Waals surface area contributed by atoms with Crippen LogP contribution in [0.1, 0.15) is 53.1 Å². The molecule has 5 rings (SSSR count). The van der Waals surface area contributed by atoms with Gasteiger partial charge in [0.25, 0.3) is 0 Å². The van der Waals surface area contributed by atoms with Gasteiger partial charge in [0.2, 0.25) is 0 Å². The molecule has 2 aliphatic rings. The highest BCUT2D eigenvalue weighted by Gasteiger charge is 2.32. The Hall–Kier alpha value is -3.38. The first-order chi connectivity index (χ1) is 16.5. The largest absolute Gasteiger partial charge is 0.204 e. The van der Waals surface area contributed by atoms with Gasteiger partial charge in [0.1, 0.15) is 5.69 Å². The number of nitrogens with zero attached hydrogens (tertiary/aromatic N) is 1. The van der Waals surface area contributed by atoms with Crippen molar-refractivity contribution in [2.24, 2.45) is 16.8 Å². The minimum Gasteiger partial charge on any atom is -0.204 e. The van der Waals surface area contributed by atoms with Crippen LogP contribution in [0.4, 0.5) is 14.5 Å². The lowest BCUT2D eigenvalue weighted by atomic mass is 9.87. The number of isothiocyanates is 1. The molecule has 0 aliphatic heterocycles. The molecule has 3 aromatic rings. The maximum absolute atomic E-state index is 14.3. The van der Waals surface area contributed by atoms with Crippen LogP contribution in [0.2, 0.25) is 0 Å². The number of fused-ring (bicyclic) bond motifs is 1. The number of aliphatic imine (C=N–C) groups is 1. The van der Waals surface area contributed by atoms with Crippen LogP contribution in [0.3, 0.4) is 0 Å². The molecule has 34 heavy (non-hydrogen) atoms. The summed E-state index contributed by atoms with van der Waals surface area (Å²) in [5.74, 6) is 6.78. The minimum absolute atomic E-state index is 0.397. The summed E-state index contributed by atoms with van der Waals surface area (Å²) in [5, 5.41) is 2.02. The molecule has 1 nitrogen and oxygen atoms in total. The van der Waals surface area contributed by atoms with Gasteiger partial charge in [-0.1, -0.05) is 43.0 Å². The maximum atomic E-state index is 14.3. The van der Waals surface area contributed by atoms with Gasteiger partial charge in [-0.25, -0.2) is 8.78 Å². The van der Waals surface area contributed by atoms with E-state index in [2.05, 4.69) is 66.3 Å². The first-order valence-electron chi connectivity index (χ1n) is 11.5. The zero-order valence-electron chi connectivity index (χ0n) is 18.9. The molecule has 0 spiro atoms. The highest BCUT2D eigenvalue weighted by Crippen LogP contribution is 2.40. The molecule has 1 fully saturated rings. The smallest absolute Gasteiger partial charge is 0.153 e. The molecule has 168 valence electrons. The minimum atomic E-state index is -0.736. The first kappa shape index (κ1) is 22.4. The van der Waals surface area contributed by atoms with Crippen molar-refractivity contribution in [1.29, 1.82) is 0 Å². The third-order valence-electron chi connectivity index (χ3n) is 6.76. The van der Waals surface area contributed by atoms with E-state index in [-0.39, 0.29) is 0 Å². The summed E-state index contributed by atoms with van der Waals surface area (Å²) in [6, 6.07) is 17.3. The Balaban J connectivity index is 1.33. The fourth-order valence-electron chi connectivity index (χ4n) is 4.56. The number of rotatable bonds is 4. The quantitative estimate of drug-likeness (QED) is 0.217. The highest BCUT2D eigenvalue weighted by molar-refractivity contribution is 7.78. The summed E-state index contributed by atoms with van der Waals surface area (Å²) in [5.41, 5.74) is 6.61. The second-order valence-corrected chi connectivity index (χ2v) is 9.38. The van der Waals surface area contributed by atoms with Crippen LogP contribution >= 0.6 is 12.2 Å². The molecule has 0 radical (unpaired) electrons. The summed E-state index contributed by atoms with van der Waals surface area (Å²) in [6.45, 7) is 2.31. The van der Waals surface area contributed by atoms with Gasteiger partial charge in [0, 0.05) is 11.1 Å². The van der Waals surface area contributed by atoms with E-state index in [9.17, 15) is 8.78 Å². The van der Waals surface area contributed by atoms with Crippen LogP contribution in [0.25, 0.3) is 11.6 Å². The molecule has 2 atom stereocenters. The van der Waals surface area contributed by atoms with Gasteiger partial charge in [0.05, 0.1) is 5.16 Å². The van der Waals surface area contributed by atoms with E-state index in [1.807, 2.05) is 23.4 Å². The second kappa shape index (κ2) is 9.47. The van der Waals surface area contributed by atoms with E-state index in [4.69, 9.17) is 0 Å². The molecule has 3 aromatic carbocycles. The van der Waals surface area contributed by atoms with Gasteiger partial charge < -0.3 is 0 Å². The Bertz CT molecular complexity index is 1380. The van der Waals surface area contributed by atoms with E-state index < -0.39 is 17.3 Å². The zero-order chi connectivity index (χ0) is 23.7. The summed E-state index contributed by atoms with van der Waals surface area (Å²) in [6.07, 6.45) is 5.99. The second-order valence-electron chi connectivity index (χ2n) is 9.20. The van der Waals surface area contributed by atoms with Crippen LogP contribution in [0.5, 0.6) is 0 Å². The molecule has 0 bridgehead atoms. The van der Waals surface area contributed by atoms with Crippen molar-refractivity contribution in [1.82, 2.24) is 0 Å². The van der Waals surface area contributed by atoms with Crippen molar-refractivity contribution in [3.05, 3.63) is 99.6 Å². The molecule has 4 heteroatoms. The normalized spacial score (nSPS) is 18.1. The number of halogens is 2. The van der Waals surface area contributed by atoms with Gasteiger partial charge in [-0.05, 0) is 114 Å². The average Bonchev–Trinajstić information content (AvgIpc) is 3.54. The Morgan fingerprint density at radius 1 is 0.941 bits per heavy atom. The Kier molecular flexibility index (Phi) is 6.24. The van der Waals surface area contributed by atoms with E-state index in [0.717, 1.165) is 40.5 Å². The van der Waals surface area contributed by atoms with Crippen LogP contribution < -0.4 is 0 Å². The molecule has 0 aromatic heterocycles. The van der Waals surface area contributed by atoms with E-state index in [1.165, 1.54) is 36.1 Å². The maximum Gasteiger partial charge on any atom is 0.153 e. The van der Waals surface area contributed by atoms with Gasteiger partial charge in [-0.15, -0.1) is 0 Å². The highest BCUT2D eigenvalue weighted by atomic mass is 32.1. The fourth-order valence-corrected chi connectivity index (χ4v) is 4.65. The van der Waals surface area contributed by atoms with Crippen LogP contribution in [0, 0.1) is 35.3 Å². The van der Waals surface area contributed by atoms with Gasteiger partial charge >= 0.3 is 0 Å². The molecule has 0 heterocycles. The van der Waals surface area contributed by atoms with Gasteiger partial charge in [-0.2, -0.15) is 4.99 Å². The van der Waals surface area contributed by atoms with Gasteiger partial charge in [0.15, 0.2) is 11.6 Å². The Morgan fingerprint density at radius 3 is 2.29 bits per heavy atom. The number of hydrogen-bond acceptors (Lipinski definition) is 2. The monoisotopic (exact) mass is 467 g/mol. The summed E-state index contributed by atoms with van der Waals surface area (Å²) < 4.78 is 28.5. The third-order valence-corrected chi connectivity index (χ3v) is 6.85. The fraction of sp³-hybridized carbons (Fsp3) is 0.233. The topological polar surface area (TPSA) is 12.4 Å². The van der Waals surface area contributed by atoms with Crippen molar-refractivity contribution in [2.75, 3.05) is 0 Å². The lowest BCUT2D eigenvalue weighted by molar-refractivity contribution is 0.587. The van der Waals surface area contributed by atoms with Crippen LogP contribution in [-0.2, 0) is 12.8 Å². The molecule has 1 saturated carbocycles. The number of benzene rings is 3. The van der Waals surface area contributed by atoms with Crippen LogP contribution in [0.15, 0.2) is 59.6 Å². The molecule has 0 N–H and O–H groups in total. The van der Waals surface area contributed by atoms with Crippen molar-refractivity contribution in [2.45, 2.75) is 32.6 Å². The van der Waals surface area contributed by atoms with Crippen molar-refractivity contribution < 1.29 is 8.78 Å². The molecule has 2 unspecified atom stereocenters. The average molecular weight is 468 g/mol. The molecule has 0 amide bonds. The third kappa shape index (κ3) is 4.92. The Morgan fingerprint density at radius 2 is 1.62 bits per heavy atom. The predicted octanol–water partition coefficient (Wildman–Crippen LogP) is 7.78. The lowest BCUT2D eigenvalue weighted by Gasteiger charge is -2.17. The van der Waals surface area contributed by atoms with E-state index in [0.29, 0.717) is 12.0 Å². The lowest BCUT2D eigenvalue weighted by Crippen LogP contribution is -2.00. The van der Waals surface area contributed by atoms with E-state index in [1.54, 1.807) is 0 Å². The van der Waals surface area contributed by atoms with Crippen molar-refractivity contribution in [3.8, 4) is 11.8 Å². The SMILES string of the molecule is CC1CC1Cc1ccc(C#Cc2ccc3c(c2)CCC(c2cc(F)c(N=C=S)c(F)c2)=C3)cc1. The molecular weight excluding hydrogens is 444 g/mol. The summed E-state index contributed by atoms with van der Waals surface area (Å²) >= 11 is 4.47. The molecule has 2 aliphatic carbocycles. The number of allylic oxidation sites excluding steroid dienone is 1. The standard InChI is InChI=1S/C30H23F2NS/c1-19-12-26(19)14-21-5-2-20(3-6-21)4-7-22-8-9-24-15-25(11-10-23(24)13-22)27-16-28(31)30(33-18-34)29(32)17-27/h2-3,5-6,8-9,13,15-17,19,26H,10-12,14H2,1H3. The number of hydrogen-bond donors (Lipinski definition) is 0. The molecule has 0 saturated heterocycles. The van der Waals surface area contributed by atoms with Gasteiger partial charge in [-0.3, -0.25) is 0 Å². The summed E-state index contributed by atoms with van der Waals surface area (Å²) in [7, 11) is 0.